The number of nitrogens with zero attached hydrogens (tertiary/aromatic N) is 3. The Kier molecular flexibility index (Phi) is 8.96. The molecule has 4 amide bonds. The van der Waals surface area contributed by atoms with E-state index >= 15 is 0 Å². The highest BCUT2D eigenvalue weighted by Gasteiger charge is 2.50. The second-order valence-electron chi connectivity index (χ2n) is 12.3. The lowest BCUT2D eigenvalue weighted by Gasteiger charge is -2.40. The van der Waals surface area contributed by atoms with Crippen LogP contribution in [0.5, 0.6) is 0 Å². The Morgan fingerprint density at radius 2 is 1.79 bits per heavy atom. The maximum Gasteiger partial charge on any atom is 0.399 e. The number of carbonyl (C=O) groups excluding carboxylic acids is 4. The zero-order chi connectivity index (χ0) is 33.8. The molecule has 0 aliphatic carbocycles. The Morgan fingerprint density at radius 1 is 1.02 bits per heavy atom. The molecular formula is C31H33F2IN5O7P. The van der Waals surface area contributed by atoms with E-state index in [1.807, 2.05) is 12.1 Å². The summed E-state index contributed by atoms with van der Waals surface area (Å²) in [6.45, 7) is 2.54. The van der Waals surface area contributed by atoms with E-state index in [0.29, 0.717) is 45.3 Å². The molecule has 0 bridgehead atoms. The fourth-order valence-electron chi connectivity index (χ4n) is 6.78. The summed E-state index contributed by atoms with van der Waals surface area (Å²) in [5.74, 6) is -1.68. The summed E-state index contributed by atoms with van der Waals surface area (Å²) < 4.78 is 41.1. The van der Waals surface area contributed by atoms with E-state index < -0.39 is 42.7 Å². The van der Waals surface area contributed by atoms with Crippen molar-refractivity contribution >= 4 is 64.7 Å². The van der Waals surface area contributed by atoms with Crippen LogP contribution in [0.4, 0.5) is 8.78 Å². The molecule has 250 valence electrons. The third-order valence-electron chi connectivity index (χ3n) is 9.30. The van der Waals surface area contributed by atoms with Crippen molar-refractivity contribution in [2.24, 2.45) is 0 Å². The molecule has 0 spiro atoms. The first-order valence-electron chi connectivity index (χ1n) is 15.2. The molecule has 47 heavy (non-hydrogen) atoms. The number of hydrogen-bond donors (Lipinski definition) is 4. The van der Waals surface area contributed by atoms with E-state index in [1.165, 1.54) is 29.5 Å². The van der Waals surface area contributed by atoms with Gasteiger partial charge in [0.05, 0.1) is 0 Å². The molecule has 4 heterocycles. The van der Waals surface area contributed by atoms with Gasteiger partial charge in [0, 0.05) is 59.2 Å². The van der Waals surface area contributed by atoms with Crippen LogP contribution in [0.15, 0.2) is 42.5 Å². The number of benzene rings is 2. The average molecular weight is 784 g/mol. The minimum Gasteiger partial charge on any atom is -0.351 e. The number of carbonyl (C=O) groups is 4. The monoisotopic (exact) mass is 783 g/mol. The third kappa shape index (κ3) is 6.42. The lowest BCUT2D eigenvalue weighted by molar-refractivity contribution is -0.149. The lowest BCUT2D eigenvalue weighted by atomic mass is 9.99. The molecule has 3 aromatic rings. The van der Waals surface area contributed by atoms with Crippen molar-refractivity contribution in [1.82, 2.24) is 25.0 Å². The van der Waals surface area contributed by atoms with Crippen molar-refractivity contribution in [3.8, 4) is 0 Å². The smallest absolute Gasteiger partial charge is 0.351 e. The summed E-state index contributed by atoms with van der Waals surface area (Å²) in [7, 11) is -5.81. The van der Waals surface area contributed by atoms with Gasteiger partial charge in [0.15, 0.2) is 0 Å². The Morgan fingerprint density at radius 3 is 2.51 bits per heavy atom. The zero-order valence-electron chi connectivity index (χ0n) is 25.3. The Labute approximate surface area is 282 Å². The summed E-state index contributed by atoms with van der Waals surface area (Å²) >= 11 is 2.26. The molecule has 0 saturated carbocycles. The van der Waals surface area contributed by atoms with Crippen molar-refractivity contribution in [3.63, 3.8) is 0 Å². The van der Waals surface area contributed by atoms with Crippen LogP contribution in [-0.4, -0.2) is 90.9 Å². The number of H-pyrrole nitrogens is 1. The topological polar surface area (TPSA) is 163 Å². The number of nitrogens with one attached hydrogen (secondary N) is 2. The first-order valence-corrected chi connectivity index (χ1v) is 17.8. The van der Waals surface area contributed by atoms with Gasteiger partial charge >= 0.3 is 13.3 Å². The van der Waals surface area contributed by atoms with Crippen LogP contribution < -0.4 is 5.32 Å². The minimum atomic E-state index is -5.81. The molecule has 12 nitrogen and oxygen atoms in total. The van der Waals surface area contributed by atoms with Crippen LogP contribution in [0.3, 0.4) is 0 Å². The van der Waals surface area contributed by atoms with Crippen molar-refractivity contribution < 1.29 is 42.3 Å². The minimum absolute atomic E-state index is 0.0897. The van der Waals surface area contributed by atoms with Crippen molar-refractivity contribution in [1.29, 1.82) is 0 Å². The van der Waals surface area contributed by atoms with Gasteiger partial charge in [-0.25, -0.2) is 0 Å². The van der Waals surface area contributed by atoms with Crippen LogP contribution in [0, 0.1) is 3.57 Å². The normalized spacial score (nSPS) is 22.0. The van der Waals surface area contributed by atoms with Crippen LogP contribution in [0.25, 0.3) is 10.9 Å². The Balaban J connectivity index is 1.24. The van der Waals surface area contributed by atoms with Crippen LogP contribution in [-0.2, 0) is 37.6 Å². The number of amides is 4. The van der Waals surface area contributed by atoms with Crippen molar-refractivity contribution in [2.75, 3.05) is 19.6 Å². The molecule has 16 heteroatoms. The number of halogens is 3. The van der Waals surface area contributed by atoms with Crippen LogP contribution >= 0.6 is 30.2 Å². The second-order valence-corrected chi connectivity index (χ2v) is 15.2. The summed E-state index contributed by atoms with van der Waals surface area (Å²) in [6.07, 6.45) is 2.22. The van der Waals surface area contributed by atoms with Gasteiger partial charge in [-0.1, -0.05) is 12.1 Å². The fraction of sp³-hybridized carbons (Fsp3) is 0.419. The molecular weight excluding hydrogens is 750 g/mol. The Bertz CT molecular complexity index is 1830. The van der Waals surface area contributed by atoms with Gasteiger partial charge in [-0.15, -0.1) is 0 Å². The molecule has 4 N–H and O–H groups in total. The van der Waals surface area contributed by atoms with Crippen LogP contribution in [0.1, 0.15) is 53.4 Å². The third-order valence-corrected chi connectivity index (χ3v) is 11.0. The van der Waals surface area contributed by atoms with Gasteiger partial charge in [-0.2, -0.15) is 8.78 Å². The second kappa shape index (κ2) is 12.6. The first kappa shape index (κ1) is 33.5. The zero-order valence-corrected chi connectivity index (χ0v) is 28.3. The number of fused-ring (bicyclic) bond motifs is 3. The largest absolute Gasteiger partial charge is 0.399 e. The number of aromatic amines is 1. The summed E-state index contributed by atoms with van der Waals surface area (Å²) in [6, 6.07) is 8.05. The van der Waals surface area contributed by atoms with E-state index in [1.54, 1.807) is 9.80 Å². The first-order chi connectivity index (χ1) is 22.1. The van der Waals surface area contributed by atoms with E-state index in [-0.39, 0.29) is 41.0 Å². The van der Waals surface area contributed by atoms with Crippen LogP contribution in [0.2, 0.25) is 0 Å². The quantitative estimate of drug-likeness (QED) is 0.228. The van der Waals surface area contributed by atoms with Crippen molar-refractivity contribution in [3.05, 3.63) is 68.4 Å². The van der Waals surface area contributed by atoms with Gasteiger partial charge in [-0.3, -0.25) is 23.7 Å². The highest BCUT2D eigenvalue weighted by atomic mass is 127. The van der Waals surface area contributed by atoms with E-state index in [0.717, 1.165) is 21.3 Å². The number of alkyl halides is 2. The average Bonchev–Trinajstić information content (AvgIpc) is 3.64. The molecule has 0 radical (unpaired) electrons. The SMILES string of the molecule is CC(=O)N1CC[C@H]2CC[C@@H](C(=O)N3CCc4cc(I)ccc4C3)N2C(=O)[C@@H](NC(=O)c2cc3cc(C(F)(F)P(=O)(O)O)ccc3[nH]2)C1. The summed E-state index contributed by atoms with van der Waals surface area (Å²) in [4.78, 5) is 79.9. The fourth-order valence-corrected chi connectivity index (χ4v) is 7.81. The van der Waals surface area contributed by atoms with Crippen molar-refractivity contribution in [2.45, 2.75) is 62.9 Å². The number of aromatic nitrogens is 1. The molecule has 3 aliphatic rings. The van der Waals surface area contributed by atoms with Gasteiger partial charge in [0.1, 0.15) is 17.8 Å². The van der Waals surface area contributed by atoms with Gasteiger partial charge in [-0.05, 0) is 89.7 Å². The molecule has 0 unspecified atom stereocenters. The summed E-state index contributed by atoms with van der Waals surface area (Å²) in [5.41, 5.74) is -2.93. The molecule has 2 fully saturated rings. The molecule has 3 atom stereocenters. The Hall–Kier alpha value is -3.40. The van der Waals surface area contributed by atoms with Gasteiger partial charge < -0.3 is 34.8 Å². The molecule has 2 aromatic carbocycles. The summed E-state index contributed by atoms with van der Waals surface area (Å²) in [5, 5.41) is 2.78. The standard InChI is InChI=1S/C31H33F2IN5O7P/c1-17(40)37-11-9-23-5-7-27(30(43)38-10-8-18-13-22(34)4-2-19(18)15-38)39(23)29(42)26(16-37)36-28(41)25-14-20-12-21(3-6-24(20)35-25)31(32,33)47(44,45)46/h2-4,6,12-14,23,26-27,35H,5,7-11,15-16H2,1H3,(H,36,41)(H2,44,45,46)/t23-,26+,27+/m1/s1. The van der Waals surface area contributed by atoms with E-state index in [9.17, 15) is 32.5 Å². The maximum atomic E-state index is 14.3. The molecule has 1 aromatic heterocycles. The van der Waals surface area contributed by atoms with Gasteiger partial charge in [0.25, 0.3) is 5.91 Å². The number of hydrogen-bond acceptors (Lipinski definition) is 5. The highest BCUT2D eigenvalue weighted by Crippen LogP contribution is 2.59. The molecule has 2 saturated heterocycles. The highest BCUT2D eigenvalue weighted by molar-refractivity contribution is 14.1. The van der Waals surface area contributed by atoms with E-state index in [2.05, 4.69) is 39.0 Å². The maximum absolute atomic E-state index is 14.3. The van der Waals surface area contributed by atoms with Gasteiger partial charge in [0.2, 0.25) is 17.7 Å². The van der Waals surface area contributed by atoms with E-state index in [4.69, 9.17) is 9.79 Å². The molecule has 6 rings (SSSR count). The molecule has 3 aliphatic heterocycles. The number of rotatable bonds is 5. The lowest BCUT2D eigenvalue weighted by Crippen LogP contribution is -2.61. The predicted molar refractivity (Wildman–Crippen MR) is 174 cm³/mol. The predicted octanol–water partition coefficient (Wildman–Crippen LogP) is 3.29.